The van der Waals surface area contributed by atoms with Crippen molar-refractivity contribution in [2.75, 3.05) is 0 Å². The van der Waals surface area contributed by atoms with Crippen LogP contribution in [-0.2, 0) is 4.74 Å². The summed E-state index contributed by atoms with van der Waals surface area (Å²) >= 11 is 0. The van der Waals surface area contributed by atoms with Gasteiger partial charge in [-0.05, 0) is 37.5 Å². The fourth-order valence-electron chi connectivity index (χ4n) is 3.12. The van der Waals surface area contributed by atoms with Crippen LogP contribution in [0.2, 0.25) is 0 Å². The third-order valence-electron chi connectivity index (χ3n) is 4.30. The average molecular weight is 294 g/mol. The van der Waals surface area contributed by atoms with E-state index in [1.54, 1.807) is 13.1 Å². The Morgan fingerprint density at radius 1 is 1.33 bits per heavy atom. The Morgan fingerprint density at radius 3 is 2.57 bits per heavy atom. The number of nitrogens with zero attached hydrogens (tertiary/aromatic N) is 1. The van der Waals surface area contributed by atoms with E-state index in [4.69, 9.17) is 4.74 Å². The largest absolute Gasteiger partial charge is 0.354 e. The van der Waals surface area contributed by atoms with Crippen LogP contribution in [0.5, 0.6) is 0 Å². The summed E-state index contributed by atoms with van der Waals surface area (Å²) in [6.07, 6.45) is 3.33. The van der Waals surface area contributed by atoms with Gasteiger partial charge in [0.25, 0.3) is 5.56 Å². The van der Waals surface area contributed by atoms with Crippen LogP contribution in [0.4, 0.5) is 0 Å². The lowest BCUT2D eigenvalue weighted by atomic mass is 9.85. The molecular weight excluding hydrogens is 268 g/mol. The summed E-state index contributed by atoms with van der Waals surface area (Å²) in [5.74, 6) is 1.51. The lowest BCUT2D eigenvalue weighted by molar-refractivity contribution is -0.0196. The number of hydrogen-bond acceptors (Lipinski definition) is 3. The molecule has 0 amide bonds. The molecule has 1 aromatic rings. The SMILES string of the molecule is Cc1cn([C@H]2C[C@@H](C(C)C)[C@@H](CC(C)C)O2)c(=O)[nH]c1=O. The minimum Gasteiger partial charge on any atom is -0.354 e. The lowest BCUT2D eigenvalue weighted by Crippen LogP contribution is -2.33. The van der Waals surface area contributed by atoms with Crippen molar-refractivity contribution >= 4 is 0 Å². The second-order valence-electron chi connectivity index (χ2n) is 6.88. The van der Waals surface area contributed by atoms with Gasteiger partial charge in [-0.1, -0.05) is 27.7 Å². The maximum absolute atomic E-state index is 12.0. The molecule has 2 rings (SSSR count). The van der Waals surface area contributed by atoms with E-state index in [9.17, 15) is 9.59 Å². The Hall–Kier alpha value is -1.36. The van der Waals surface area contributed by atoms with Gasteiger partial charge < -0.3 is 4.74 Å². The average Bonchev–Trinajstić information content (AvgIpc) is 2.76. The summed E-state index contributed by atoms with van der Waals surface area (Å²) in [6, 6.07) is 0. The molecule has 1 aliphatic heterocycles. The van der Waals surface area contributed by atoms with Gasteiger partial charge >= 0.3 is 5.69 Å². The van der Waals surface area contributed by atoms with Gasteiger partial charge in [-0.15, -0.1) is 0 Å². The van der Waals surface area contributed by atoms with E-state index in [0.717, 1.165) is 12.8 Å². The maximum atomic E-state index is 12.0. The number of H-pyrrole nitrogens is 1. The summed E-state index contributed by atoms with van der Waals surface area (Å²) in [6.45, 7) is 10.5. The molecule has 0 bridgehead atoms. The summed E-state index contributed by atoms with van der Waals surface area (Å²) in [4.78, 5) is 25.8. The highest BCUT2D eigenvalue weighted by atomic mass is 16.5. The molecule has 5 heteroatoms. The first kappa shape index (κ1) is 16.0. The van der Waals surface area contributed by atoms with Crippen molar-refractivity contribution in [1.29, 1.82) is 0 Å². The first-order valence-electron chi connectivity index (χ1n) is 7.77. The quantitative estimate of drug-likeness (QED) is 0.927. The molecule has 118 valence electrons. The number of nitrogens with one attached hydrogen (secondary N) is 1. The Balaban J connectivity index is 2.28. The Labute approximate surface area is 125 Å². The van der Waals surface area contributed by atoms with Crippen molar-refractivity contribution in [3.05, 3.63) is 32.6 Å². The molecule has 5 nitrogen and oxygen atoms in total. The van der Waals surface area contributed by atoms with Crippen LogP contribution >= 0.6 is 0 Å². The molecule has 0 radical (unpaired) electrons. The highest BCUT2D eigenvalue weighted by Crippen LogP contribution is 2.39. The predicted octanol–water partition coefficient (Wildman–Crippen LogP) is 2.45. The van der Waals surface area contributed by atoms with E-state index in [1.165, 1.54) is 4.57 Å². The summed E-state index contributed by atoms with van der Waals surface area (Å²) < 4.78 is 7.68. The first-order chi connectivity index (χ1) is 9.79. The second-order valence-corrected chi connectivity index (χ2v) is 6.88. The Bertz CT molecular complexity index is 600. The van der Waals surface area contributed by atoms with E-state index in [2.05, 4.69) is 32.7 Å². The van der Waals surface area contributed by atoms with Crippen LogP contribution in [0.1, 0.15) is 52.3 Å². The molecule has 1 aliphatic rings. The van der Waals surface area contributed by atoms with E-state index in [0.29, 0.717) is 23.3 Å². The molecule has 3 atom stereocenters. The highest BCUT2D eigenvalue weighted by Gasteiger charge is 2.38. The standard InChI is InChI=1S/C16H26N2O3/c1-9(2)6-13-12(10(3)4)7-14(21-13)18-8-11(5)15(19)17-16(18)20/h8-10,12-14H,6-7H2,1-5H3,(H,17,19,20)/t12-,13+,14+/m0/s1. The van der Waals surface area contributed by atoms with E-state index in [1.807, 2.05) is 0 Å². The third-order valence-corrected chi connectivity index (χ3v) is 4.30. The minimum atomic E-state index is -0.386. The molecule has 0 spiro atoms. The zero-order valence-corrected chi connectivity index (χ0v) is 13.6. The number of ether oxygens (including phenoxy) is 1. The Morgan fingerprint density at radius 2 is 2.00 bits per heavy atom. The molecule has 0 aliphatic carbocycles. The molecule has 1 N–H and O–H groups in total. The monoisotopic (exact) mass is 294 g/mol. The predicted molar refractivity (Wildman–Crippen MR) is 82.4 cm³/mol. The topological polar surface area (TPSA) is 64.1 Å². The summed E-state index contributed by atoms with van der Waals surface area (Å²) in [5, 5.41) is 0. The number of aryl methyl sites for hydroxylation is 1. The van der Waals surface area contributed by atoms with Crippen molar-refractivity contribution in [2.45, 2.75) is 59.8 Å². The van der Waals surface area contributed by atoms with Gasteiger partial charge in [-0.25, -0.2) is 4.79 Å². The third kappa shape index (κ3) is 3.46. The molecule has 2 heterocycles. The molecule has 0 aromatic carbocycles. The van der Waals surface area contributed by atoms with Crippen LogP contribution in [0.15, 0.2) is 15.8 Å². The van der Waals surface area contributed by atoms with Gasteiger partial charge in [0, 0.05) is 11.8 Å². The highest BCUT2D eigenvalue weighted by molar-refractivity contribution is 5.02. The van der Waals surface area contributed by atoms with Gasteiger partial charge in [0.1, 0.15) is 6.23 Å². The molecule has 0 unspecified atom stereocenters. The van der Waals surface area contributed by atoms with Crippen LogP contribution in [-0.4, -0.2) is 15.7 Å². The molecular formula is C16H26N2O3. The molecule has 0 saturated carbocycles. The van der Waals surface area contributed by atoms with E-state index >= 15 is 0 Å². The van der Waals surface area contributed by atoms with E-state index in [-0.39, 0.29) is 23.6 Å². The van der Waals surface area contributed by atoms with Crippen molar-refractivity contribution in [1.82, 2.24) is 9.55 Å². The maximum Gasteiger partial charge on any atom is 0.330 e. The van der Waals surface area contributed by atoms with Gasteiger partial charge in [-0.2, -0.15) is 0 Å². The van der Waals surface area contributed by atoms with Crippen molar-refractivity contribution in [3.63, 3.8) is 0 Å². The number of hydrogen-bond donors (Lipinski definition) is 1. The van der Waals surface area contributed by atoms with Gasteiger partial charge in [0.05, 0.1) is 6.10 Å². The first-order valence-corrected chi connectivity index (χ1v) is 7.77. The van der Waals surface area contributed by atoms with Crippen LogP contribution in [0.25, 0.3) is 0 Å². The molecule has 1 fully saturated rings. The van der Waals surface area contributed by atoms with E-state index < -0.39 is 0 Å². The molecule has 21 heavy (non-hydrogen) atoms. The zero-order valence-electron chi connectivity index (χ0n) is 13.6. The molecule has 1 saturated heterocycles. The summed E-state index contributed by atoms with van der Waals surface area (Å²) in [7, 11) is 0. The Kier molecular flexibility index (Phi) is 4.71. The van der Waals surface area contributed by atoms with Crippen molar-refractivity contribution in [3.8, 4) is 0 Å². The number of aromatic amines is 1. The lowest BCUT2D eigenvalue weighted by Gasteiger charge is -2.22. The number of rotatable bonds is 4. The van der Waals surface area contributed by atoms with Gasteiger partial charge in [-0.3, -0.25) is 14.3 Å². The minimum absolute atomic E-state index is 0.175. The zero-order chi connectivity index (χ0) is 15.7. The number of aromatic nitrogens is 2. The molecule has 1 aromatic heterocycles. The smallest absolute Gasteiger partial charge is 0.330 e. The fourth-order valence-corrected chi connectivity index (χ4v) is 3.12. The van der Waals surface area contributed by atoms with Crippen LogP contribution < -0.4 is 11.2 Å². The van der Waals surface area contributed by atoms with Crippen molar-refractivity contribution < 1.29 is 4.74 Å². The second kappa shape index (κ2) is 6.18. The van der Waals surface area contributed by atoms with Crippen LogP contribution in [0.3, 0.4) is 0 Å². The van der Waals surface area contributed by atoms with Gasteiger partial charge in [0.2, 0.25) is 0 Å². The van der Waals surface area contributed by atoms with Crippen molar-refractivity contribution in [2.24, 2.45) is 17.8 Å². The normalized spacial score (nSPS) is 26.0. The fraction of sp³-hybridized carbons (Fsp3) is 0.750. The summed E-state index contributed by atoms with van der Waals surface area (Å²) in [5.41, 5.74) is -0.178. The van der Waals surface area contributed by atoms with Gasteiger partial charge in [0.15, 0.2) is 0 Å². The van der Waals surface area contributed by atoms with Crippen LogP contribution in [0, 0.1) is 24.7 Å².